The van der Waals surface area contributed by atoms with Gasteiger partial charge in [-0.05, 0) is 17.5 Å². The number of hydrogen-bond donors (Lipinski definition) is 2. The number of amides is 1. The third kappa shape index (κ3) is 2.67. The molecule has 1 aliphatic rings. The van der Waals surface area contributed by atoms with Crippen LogP contribution in [0.15, 0.2) is 24.3 Å². The molecular formula is C15H20N2O3. The van der Waals surface area contributed by atoms with Crippen molar-refractivity contribution in [3.05, 3.63) is 35.4 Å². The summed E-state index contributed by atoms with van der Waals surface area (Å²) >= 11 is 0. The lowest BCUT2D eigenvalue weighted by Crippen LogP contribution is -2.44. The van der Waals surface area contributed by atoms with Gasteiger partial charge in [0.15, 0.2) is 0 Å². The Labute approximate surface area is 118 Å². The first kappa shape index (κ1) is 14.5. The summed E-state index contributed by atoms with van der Waals surface area (Å²) in [5.41, 5.74) is 7.33. The summed E-state index contributed by atoms with van der Waals surface area (Å²) < 4.78 is 0. The molecule has 0 saturated carbocycles. The summed E-state index contributed by atoms with van der Waals surface area (Å²) in [4.78, 5) is 25.4. The predicted molar refractivity (Wildman–Crippen MR) is 75.1 cm³/mol. The van der Waals surface area contributed by atoms with Gasteiger partial charge in [0.2, 0.25) is 5.91 Å². The molecule has 1 heterocycles. The van der Waals surface area contributed by atoms with Crippen LogP contribution in [0.1, 0.15) is 30.4 Å². The van der Waals surface area contributed by atoms with Gasteiger partial charge in [0.1, 0.15) is 0 Å². The summed E-state index contributed by atoms with van der Waals surface area (Å²) in [6.45, 7) is 2.91. The predicted octanol–water partition coefficient (Wildman–Crippen LogP) is 1.18. The lowest BCUT2D eigenvalue weighted by Gasteiger charge is -2.34. The van der Waals surface area contributed by atoms with Gasteiger partial charge in [0.05, 0.1) is 11.8 Å². The summed E-state index contributed by atoms with van der Waals surface area (Å²) in [5, 5.41) is 9.37. The van der Waals surface area contributed by atoms with Crippen LogP contribution in [0.3, 0.4) is 0 Å². The topological polar surface area (TPSA) is 83.6 Å². The van der Waals surface area contributed by atoms with Gasteiger partial charge in [-0.25, -0.2) is 0 Å². The van der Waals surface area contributed by atoms with E-state index in [0.29, 0.717) is 19.5 Å². The van der Waals surface area contributed by atoms with Gasteiger partial charge >= 0.3 is 5.97 Å². The molecular weight excluding hydrogens is 256 g/mol. The number of aliphatic carboxylic acids is 1. The summed E-state index contributed by atoms with van der Waals surface area (Å²) in [7, 11) is 0. The van der Waals surface area contributed by atoms with Crippen LogP contribution >= 0.6 is 0 Å². The van der Waals surface area contributed by atoms with Crippen LogP contribution in [0.2, 0.25) is 0 Å². The summed E-state index contributed by atoms with van der Waals surface area (Å²) in [5.74, 6) is -1.82. The molecule has 1 amide bonds. The van der Waals surface area contributed by atoms with Gasteiger partial charge < -0.3 is 15.7 Å². The highest BCUT2D eigenvalue weighted by molar-refractivity contribution is 5.83. The maximum atomic E-state index is 12.4. The van der Waals surface area contributed by atoms with Crippen molar-refractivity contribution in [1.29, 1.82) is 0 Å². The molecule has 108 valence electrons. The molecule has 0 fully saturated rings. The lowest BCUT2D eigenvalue weighted by molar-refractivity contribution is -0.142. The molecule has 2 unspecified atom stereocenters. The Morgan fingerprint density at radius 3 is 2.75 bits per heavy atom. The smallest absolute Gasteiger partial charge is 0.312 e. The first-order valence-corrected chi connectivity index (χ1v) is 6.87. The number of hydrogen-bond acceptors (Lipinski definition) is 3. The molecule has 5 heteroatoms. The molecule has 2 rings (SSSR count). The van der Waals surface area contributed by atoms with E-state index in [2.05, 4.69) is 0 Å². The van der Waals surface area contributed by atoms with Crippen molar-refractivity contribution in [3.8, 4) is 0 Å². The van der Waals surface area contributed by atoms with E-state index in [4.69, 9.17) is 5.73 Å². The highest BCUT2D eigenvalue weighted by atomic mass is 16.4. The van der Waals surface area contributed by atoms with E-state index in [1.165, 1.54) is 0 Å². The van der Waals surface area contributed by atoms with E-state index < -0.39 is 11.9 Å². The summed E-state index contributed by atoms with van der Waals surface area (Å²) in [6, 6.07) is 7.41. The highest BCUT2D eigenvalue weighted by Crippen LogP contribution is 2.29. The molecule has 2 atom stereocenters. The number of nitrogens with two attached hydrogens (primary N) is 1. The van der Waals surface area contributed by atoms with E-state index in [9.17, 15) is 14.7 Å². The Bertz CT molecular complexity index is 512. The highest BCUT2D eigenvalue weighted by Gasteiger charge is 2.33. The fourth-order valence-electron chi connectivity index (χ4n) is 2.69. The van der Waals surface area contributed by atoms with E-state index >= 15 is 0 Å². The second kappa shape index (κ2) is 6.05. The minimum Gasteiger partial charge on any atom is -0.481 e. The Kier molecular flexibility index (Phi) is 4.39. The van der Waals surface area contributed by atoms with Crippen LogP contribution in [0.4, 0.5) is 0 Å². The van der Waals surface area contributed by atoms with Crippen LogP contribution in [0, 0.1) is 5.92 Å². The zero-order valence-corrected chi connectivity index (χ0v) is 11.6. The maximum Gasteiger partial charge on any atom is 0.312 e. The molecule has 1 aromatic carbocycles. The fourth-order valence-corrected chi connectivity index (χ4v) is 2.69. The number of carboxylic acids is 1. The molecule has 0 radical (unpaired) electrons. The van der Waals surface area contributed by atoms with Gasteiger partial charge in [-0.15, -0.1) is 0 Å². The maximum absolute atomic E-state index is 12.4. The Morgan fingerprint density at radius 1 is 1.45 bits per heavy atom. The Hall–Kier alpha value is -1.88. The third-order valence-corrected chi connectivity index (χ3v) is 3.93. The van der Waals surface area contributed by atoms with Gasteiger partial charge in [-0.3, -0.25) is 9.59 Å². The molecule has 1 aromatic rings. The molecule has 5 nitrogen and oxygen atoms in total. The number of carbonyl (C=O) groups excluding carboxylic acids is 1. The number of benzene rings is 1. The van der Waals surface area contributed by atoms with Gasteiger partial charge in [-0.2, -0.15) is 0 Å². The number of rotatable bonds is 4. The minimum atomic E-state index is -0.893. The molecule has 20 heavy (non-hydrogen) atoms. The van der Waals surface area contributed by atoms with Gasteiger partial charge in [-0.1, -0.05) is 31.2 Å². The third-order valence-electron chi connectivity index (χ3n) is 3.93. The van der Waals surface area contributed by atoms with E-state index in [1.54, 1.807) is 4.90 Å². The second-order valence-corrected chi connectivity index (χ2v) is 5.15. The standard InChI is InChI=1S/C15H20N2O3/c1-2-10(7-16)14(18)17-8-11-5-3-4-6-12(11)13(9-17)15(19)20/h3-6,10,13H,2,7-9,16H2,1H3,(H,19,20). The second-order valence-electron chi connectivity index (χ2n) is 5.15. The fraction of sp³-hybridized carbons (Fsp3) is 0.467. The monoisotopic (exact) mass is 276 g/mol. The van der Waals surface area contributed by atoms with E-state index in [0.717, 1.165) is 11.1 Å². The Balaban J connectivity index is 2.28. The molecule has 0 spiro atoms. The zero-order valence-electron chi connectivity index (χ0n) is 11.6. The summed E-state index contributed by atoms with van der Waals surface area (Å²) in [6.07, 6.45) is 0.672. The number of carboxylic acid groups (broad SMARTS) is 1. The largest absolute Gasteiger partial charge is 0.481 e. The van der Waals surface area contributed by atoms with Crippen LogP contribution in [-0.4, -0.2) is 35.0 Å². The van der Waals surface area contributed by atoms with Crippen molar-refractivity contribution < 1.29 is 14.7 Å². The molecule has 0 bridgehead atoms. The molecule has 0 saturated heterocycles. The first-order chi connectivity index (χ1) is 9.58. The van der Waals surface area contributed by atoms with E-state index in [1.807, 2.05) is 31.2 Å². The van der Waals surface area contributed by atoms with Crippen molar-refractivity contribution in [3.63, 3.8) is 0 Å². The lowest BCUT2D eigenvalue weighted by atomic mass is 9.89. The minimum absolute atomic E-state index is 0.0456. The van der Waals surface area contributed by atoms with Crippen LogP contribution in [-0.2, 0) is 16.1 Å². The van der Waals surface area contributed by atoms with Crippen molar-refractivity contribution >= 4 is 11.9 Å². The Morgan fingerprint density at radius 2 is 2.15 bits per heavy atom. The normalized spacial score (nSPS) is 19.3. The SMILES string of the molecule is CCC(CN)C(=O)N1Cc2ccccc2C(C(=O)O)C1. The number of fused-ring (bicyclic) bond motifs is 1. The first-order valence-electron chi connectivity index (χ1n) is 6.87. The molecule has 0 aromatic heterocycles. The molecule has 1 aliphatic heterocycles. The van der Waals surface area contributed by atoms with E-state index in [-0.39, 0.29) is 18.4 Å². The van der Waals surface area contributed by atoms with Crippen molar-refractivity contribution in [2.45, 2.75) is 25.8 Å². The van der Waals surface area contributed by atoms with Crippen molar-refractivity contribution in [1.82, 2.24) is 4.90 Å². The van der Waals surface area contributed by atoms with Crippen LogP contribution < -0.4 is 5.73 Å². The molecule has 3 N–H and O–H groups in total. The van der Waals surface area contributed by atoms with Crippen molar-refractivity contribution in [2.24, 2.45) is 11.7 Å². The van der Waals surface area contributed by atoms with Crippen LogP contribution in [0.25, 0.3) is 0 Å². The van der Waals surface area contributed by atoms with Crippen LogP contribution in [0.5, 0.6) is 0 Å². The average molecular weight is 276 g/mol. The van der Waals surface area contributed by atoms with Gasteiger partial charge in [0.25, 0.3) is 0 Å². The van der Waals surface area contributed by atoms with Gasteiger partial charge in [0, 0.05) is 19.6 Å². The zero-order chi connectivity index (χ0) is 14.7. The average Bonchev–Trinajstić information content (AvgIpc) is 2.47. The van der Waals surface area contributed by atoms with Crippen molar-refractivity contribution in [2.75, 3.05) is 13.1 Å². The molecule has 0 aliphatic carbocycles. The quantitative estimate of drug-likeness (QED) is 0.865. The number of carbonyl (C=O) groups is 2. The number of nitrogens with zero attached hydrogens (tertiary/aromatic N) is 1.